The van der Waals surface area contributed by atoms with Gasteiger partial charge in [-0.3, -0.25) is 9.59 Å². The number of carbonyl (C=O) groups excluding carboxylic acids is 2. The zero-order valence-corrected chi connectivity index (χ0v) is 20.6. The van der Waals surface area contributed by atoms with Gasteiger partial charge in [-0.1, -0.05) is 37.6 Å². The van der Waals surface area contributed by atoms with E-state index in [1.54, 1.807) is 29.2 Å². The van der Waals surface area contributed by atoms with Crippen LogP contribution in [0.15, 0.2) is 48.0 Å². The molecular formula is C27H31ClN2O4. The van der Waals surface area contributed by atoms with Crippen molar-refractivity contribution in [2.75, 3.05) is 26.2 Å². The molecule has 6 nitrogen and oxygen atoms in total. The number of fused-ring (bicyclic) bond motifs is 1. The minimum absolute atomic E-state index is 0.0650. The van der Waals surface area contributed by atoms with Crippen molar-refractivity contribution in [1.29, 1.82) is 0 Å². The van der Waals surface area contributed by atoms with Crippen LogP contribution in [0.3, 0.4) is 0 Å². The minimum atomic E-state index is -0.696. The van der Waals surface area contributed by atoms with Crippen LogP contribution in [-0.2, 0) is 16.0 Å². The molecule has 1 N–H and O–H groups in total. The minimum Gasteiger partial charge on any atom is -0.507 e. The number of nitrogens with zero attached hydrogens (tertiary/aromatic N) is 2. The molecule has 7 heteroatoms. The van der Waals surface area contributed by atoms with Crippen LogP contribution >= 0.6 is 11.6 Å². The molecule has 34 heavy (non-hydrogen) atoms. The first-order chi connectivity index (χ1) is 16.3. The summed E-state index contributed by atoms with van der Waals surface area (Å²) in [5.74, 6) is -0.649. The monoisotopic (exact) mass is 482 g/mol. The Labute approximate surface area is 205 Å². The molecule has 0 saturated carbocycles. The van der Waals surface area contributed by atoms with E-state index < -0.39 is 17.7 Å². The van der Waals surface area contributed by atoms with E-state index in [1.165, 1.54) is 0 Å². The van der Waals surface area contributed by atoms with Gasteiger partial charge in [0.2, 0.25) is 0 Å². The molecular weight excluding hydrogens is 452 g/mol. The molecule has 0 aliphatic carbocycles. The van der Waals surface area contributed by atoms with Crippen LogP contribution in [0, 0.1) is 0 Å². The molecule has 2 aromatic rings. The molecule has 180 valence electrons. The first kappa shape index (κ1) is 24.3. The second kappa shape index (κ2) is 10.2. The average molecular weight is 483 g/mol. The molecule has 0 spiro atoms. The van der Waals surface area contributed by atoms with E-state index in [0.717, 1.165) is 43.8 Å². The first-order valence-electron chi connectivity index (χ1n) is 11.9. The quantitative estimate of drug-likeness (QED) is 0.332. The van der Waals surface area contributed by atoms with Gasteiger partial charge in [0.1, 0.15) is 17.6 Å². The topological polar surface area (TPSA) is 70.1 Å². The Morgan fingerprint density at radius 2 is 1.94 bits per heavy atom. The van der Waals surface area contributed by atoms with E-state index in [9.17, 15) is 14.7 Å². The van der Waals surface area contributed by atoms with Crippen molar-refractivity contribution in [2.24, 2.45) is 0 Å². The summed E-state index contributed by atoms with van der Waals surface area (Å²) < 4.78 is 5.76. The predicted molar refractivity (Wildman–Crippen MR) is 133 cm³/mol. The number of aliphatic hydroxyl groups is 1. The number of ketones is 1. The van der Waals surface area contributed by atoms with Crippen molar-refractivity contribution in [1.82, 2.24) is 9.80 Å². The molecule has 1 fully saturated rings. The van der Waals surface area contributed by atoms with E-state index >= 15 is 0 Å². The van der Waals surface area contributed by atoms with Crippen LogP contribution in [0.5, 0.6) is 5.75 Å². The van der Waals surface area contributed by atoms with Crippen LogP contribution in [0.1, 0.15) is 49.9 Å². The molecule has 1 amide bonds. The number of benzene rings is 2. The number of hydrogen-bond acceptors (Lipinski definition) is 5. The van der Waals surface area contributed by atoms with Gasteiger partial charge < -0.3 is 19.6 Å². The lowest BCUT2D eigenvalue weighted by Gasteiger charge is -2.27. The molecule has 2 atom stereocenters. The lowest BCUT2D eigenvalue weighted by molar-refractivity contribution is -0.140. The highest BCUT2D eigenvalue weighted by atomic mass is 35.5. The van der Waals surface area contributed by atoms with Gasteiger partial charge in [0, 0.05) is 23.6 Å². The first-order valence-corrected chi connectivity index (χ1v) is 12.3. The number of likely N-dealkylation sites (tertiary alicyclic amines) is 1. The third kappa shape index (κ3) is 4.70. The number of aliphatic hydroxyl groups excluding tert-OH is 1. The molecule has 2 aromatic carbocycles. The van der Waals surface area contributed by atoms with Crippen LogP contribution in [-0.4, -0.2) is 58.9 Å². The molecule has 2 aliphatic heterocycles. The Hall–Kier alpha value is -2.83. The van der Waals surface area contributed by atoms with Gasteiger partial charge in [-0.2, -0.15) is 0 Å². The molecule has 4 rings (SSSR count). The highest BCUT2D eigenvalue weighted by molar-refractivity contribution is 6.46. The second-order valence-corrected chi connectivity index (χ2v) is 9.32. The number of rotatable bonds is 8. The molecule has 2 heterocycles. The molecule has 0 bridgehead atoms. The Morgan fingerprint density at radius 1 is 1.18 bits per heavy atom. The fourth-order valence-electron chi connectivity index (χ4n) is 4.86. The Kier molecular flexibility index (Phi) is 7.29. The third-order valence-electron chi connectivity index (χ3n) is 6.64. The average Bonchev–Trinajstić information content (AvgIpc) is 3.32. The van der Waals surface area contributed by atoms with Crippen LogP contribution in [0.2, 0.25) is 5.02 Å². The number of hydrogen-bond donors (Lipinski definition) is 1. The van der Waals surface area contributed by atoms with E-state index in [4.69, 9.17) is 16.3 Å². The molecule has 0 aromatic heterocycles. The second-order valence-electron chi connectivity index (χ2n) is 8.88. The summed E-state index contributed by atoms with van der Waals surface area (Å²) in [6.45, 7) is 9.27. The lowest BCUT2D eigenvalue weighted by atomic mass is 9.94. The van der Waals surface area contributed by atoms with Gasteiger partial charge in [-0.25, -0.2) is 0 Å². The number of halogens is 1. The number of amides is 1. The lowest BCUT2D eigenvalue weighted by Crippen LogP contribution is -2.33. The van der Waals surface area contributed by atoms with Gasteiger partial charge in [0.05, 0.1) is 11.6 Å². The highest BCUT2D eigenvalue weighted by Crippen LogP contribution is 2.41. The largest absolute Gasteiger partial charge is 0.507 e. The van der Waals surface area contributed by atoms with Gasteiger partial charge in [0.15, 0.2) is 0 Å². The van der Waals surface area contributed by atoms with Gasteiger partial charge in [-0.05, 0) is 74.4 Å². The van der Waals surface area contributed by atoms with Crippen molar-refractivity contribution in [3.63, 3.8) is 0 Å². The molecule has 0 unspecified atom stereocenters. The Morgan fingerprint density at radius 3 is 2.65 bits per heavy atom. The van der Waals surface area contributed by atoms with E-state index in [0.29, 0.717) is 22.7 Å². The maximum absolute atomic E-state index is 13.2. The van der Waals surface area contributed by atoms with Crippen LogP contribution in [0.4, 0.5) is 0 Å². The van der Waals surface area contributed by atoms with Gasteiger partial charge in [0.25, 0.3) is 11.7 Å². The van der Waals surface area contributed by atoms with E-state index in [1.807, 2.05) is 25.1 Å². The summed E-state index contributed by atoms with van der Waals surface area (Å²) >= 11 is 6.26. The zero-order chi connectivity index (χ0) is 24.4. The SMILES string of the molecule is CCN(CC)CCCN1C(=O)C(=O)/C(=C(/O)c2ccc3c(c2)C[C@H](C)O3)[C@H]1c1cccc(Cl)c1. The summed E-state index contributed by atoms with van der Waals surface area (Å²) in [6.07, 6.45) is 1.52. The summed E-state index contributed by atoms with van der Waals surface area (Å²) in [5.41, 5.74) is 2.28. The van der Waals surface area contributed by atoms with Crippen LogP contribution < -0.4 is 4.74 Å². The van der Waals surface area contributed by atoms with E-state index in [2.05, 4.69) is 18.7 Å². The summed E-state index contributed by atoms with van der Waals surface area (Å²) in [7, 11) is 0. The number of ether oxygens (including phenoxy) is 1. The Bertz CT molecular complexity index is 1130. The van der Waals surface area contributed by atoms with Gasteiger partial charge >= 0.3 is 0 Å². The van der Waals surface area contributed by atoms with Crippen molar-refractivity contribution in [3.05, 3.63) is 69.8 Å². The van der Waals surface area contributed by atoms with Crippen molar-refractivity contribution in [2.45, 2.75) is 45.8 Å². The smallest absolute Gasteiger partial charge is 0.295 e. The highest BCUT2D eigenvalue weighted by Gasteiger charge is 2.46. The summed E-state index contributed by atoms with van der Waals surface area (Å²) in [5, 5.41) is 11.8. The maximum Gasteiger partial charge on any atom is 0.295 e. The number of Topliss-reactive ketones (excluding diaryl/α,β-unsaturated/α-hetero) is 1. The summed E-state index contributed by atoms with van der Waals surface area (Å²) in [4.78, 5) is 30.2. The maximum atomic E-state index is 13.2. The fourth-order valence-corrected chi connectivity index (χ4v) is 5.06. The molecule has 2 aliphatic rings. The summed E-state index contributed by atoms with van der Waals surface area (Å²) in [6, 6.07) is 11.8. The van der Waals surface area contributed by atoms with Crippen molar-refractivity contribution < 1.29 is 19.4 Å². The normalized spacial score (nSPS) is 21.3. The molecule has 1 saturated heterocycles. The van der Waals surface area contributed by atoms with Crippen molar-refractivity contribution >= 4 is 29.1 Å². The van der Waals surface area contributed by atoms with Crippen molar-refractivity contribution in [3.8, 4) is 5.75 Å². The molecule has 0 radical (unpaired) electrons. The fraction of sp³-hybridized carbons (Fsp3) is 0.407. The van der Waals surface area contributed by atoms with Gasteiger partial charge in [-0.15, -0.1) is 0 Å². The van der Waals surface area contributed by atoms with E-state index in [-0.39, 0.29) is 17.4 Å². The number of carbonyl (C=O) groups is 2. The predicted octanol–water partition coefficient (Wildman–Crippen LogP) is 4.82. The third-order valence-corrected chi connectivity index (χ3v) is 6.88. The standard InChI is InChI=1S/C27H31ClN2O4/c1-4-29(5-2)12-7-13-30-24(18-8-6-9-21(28)16-18)23(26(32)27(30)33)25(31)19-10-11-22-20(15-19)14-17(3)34-22/h6,8-11,15-17,24,31H,4-5,7,12-14H2,1-3H3/b25-23+/t17-,24+/m0/s1. The van der Waals surface area contributed by atoms with Crippen LogP contribution in [0.25, 0.3) is 5.76 Å². The Balaban J connectivity index is 1.73. The zero-order valence-electron chi connectivity index (χ0n) is 19.9.